The maximum atomic E-state index is 9.41. The molecule has 0 bridgehead atoms. The third-order valence-corrected chi connectivity index (χ3v) is 3.05. The smallest absolute Gasteiger partial charge is 0.145 e. The van der Waals surface area contributed by atoms with Gasteiger partial charge in [-0.05, 0) is 30.8 Å². The Labute approximate surface area is 82.0 Å². The summed E-state index contributed by atoms with van der Waals surface area (Å²) in [5, 5.41) is 10.4. The summed E-state index contributed by atoms with van der Waals surface area (Å²) in [6.45, 7) is 1.98. The van der Waals surface area contributed by atoms with Crippen molar-refractivity contribution < 1.29 is 5.11 Å². The van der Waals surface area contributed by atoms with E-state index in [0.29, 0.717) is 12.3 Å². The molecular weight excluding hydrogens is 184 g/mol. The van der Waals surface area contributed by atoms with Crippen LogP contribution < -0.4 is 0 Å². The van der Waals surface area contributed by atoms with E-state index in [1.165, 1.54) is 24.4 Å². The van der Waals surface area contributed by atoms with Gasteiger partial charge in [-0.3, -0.25) is 0 Å². The molecule has 0 amide bonds. The molecule has 0 radical (unpaired) electrons. The molecule has 0 spiro atoms. The third kappa shape index (κ3) is 2.25. The Balaban J connectivity index is 1.96. The van der Waals surface area contributed by atoms with Gasteiger partial charge >= 0.3 is 0 Å². The lowest BCUT2D eigenvalue weighted by molar-refractivity contribution is 0.170. The van der Waals surface area contributed by atoms with Crippen LogP contribution in [0.3, 0.4) is 0 Å². The van der Waals surface area contributed by atoms with Crippen LogP contribution in [0.4, 0.5) is 0 Å². The summed E-state index contributed by atoms with van der Waals surface area (Å²) in [5.41, 5.74) is 0. The second-order valence-corrected chi connectivity index (χ2v) is 4.42. The summed E-state index contributed by atoms with van der Waals surface area (Å²) in [6.07, 6.45) is 3.69. The van der Waals surface area contributed by atoms with E-state index < -0.39 is 0 Å². The van der Waals surface area contributed by atoms with Gasteiger partial charge in [-0.25, -0.2) is 4.98 Å². The molecule has 1 atom stereocenters. The normalized spacial score (nSPS) is 18.9. The lowest BCUT2D eigenvalue weighted by Crippen LogP contribution is -2.07. The van der Waals surface area contributed by atoms with E-state index in [4.69, 9.17) is 0 Å². The first-order chi connectivity index (χ1) is 6.29. The van der Waals surface area contributed by atoms with E-state index >= 15 is 0 Å². The highest BCUT2D eigenvalue weighted by Gasteiger charge is 2.27. The summed E-state index contributed by atoms with van der Waals surface area (Å²) in [7, 11) is 0. The van der Waals surface area contributed by atoms with Crippen molar-refractivity contribution in [2.45, 2.75) is 44.6 Å². The Kier molecular flexibility index (Phi) is 2.60. The number of aromatic nitrogens is 2. The molecule has 1 aromatic heterocycles. The number of aliphatic hydroxyl groups excluding tert-OH is 1. The van der Waals surface area contributed by atoms with Gasteiger partial charge in [0.25, 0.3) is 0 Å². The van der Waals surface area contributed by atoms with Crippen molar-refractivity contribution in [2.24, 2.45) is 0 Å². The summed E-state index contributed by atoms with van der Waals surface area (Å²) in [5.74, 6) is 1.63. The average Bonchev–Trinajstić information content (AvgIpc) is 2.88. The number of aliphatic hydroxyl groups is 1. The molecule has 1 heterocycles. The second kappa shape index (κ2) is 3.72. The topological polar surface area (TPSA) is 46.0 Å². The predicted octanol–water partition coefficient (Wildman–Crippen LogP) is 1.73. The molecule has 3 nitrogen and oxygen atoms in total. The van der Waals surface area contributed by atoms with Gasteiger partial charge in [0.2, 0.25) is 0 Å². The van der Waals surface area contributed by atoms with Crippen molar-refractivity contribution in [3.05, 3.63) is 10.8 Å². The molecule has 1 aliphatic carbocycles. The van der Waals surface area contributed by atoms with Crippen LogP contribution >= 0.6 is 11.5 Å². The average molecular weight is 198 g/mol. The van der Waals surface area contributed by atoms with Crippen molar-refractivity contribution in [2.75, 3.05) is 0 Å². The Morgan fingerprint density at radius 3 is 3.00 bits per heavy atom. The zero-order valence-electron chi connectivity index (χ0n) is 7.73. The highest BCUT2D eigenvalue weighted by Crippen LogP contribution is 2.38. The highest BCUT2D eigenvalue weighted by molar-refractivity contribution is 7.05. The number of nitrogens with zero attached hydrogens (tertiary/aromatic N) is 2. The molecule has 0 aromatic carbocycles. The number of rotatable bonds is 4. The van der Waals surface area contributed by atoms with Crippen molar-refractivity contribution in [1.82, 2.24) is 9.36 Å². The Morgan fingerprint density at radius 2 is 2.38 bits per heavy atom. The van der Waals surface area contributed by atoms with Crippen LogP contribution in [0.25, 0.3) is 0 Å². The summed E-state index contributed by atoms with van der Waals surface area (Å²) < 4.78 is 4.28. The molecule has 1 aromatic rings. The first kappa shape index (κ1) is 9.09. The van der Waals surface area contributed by atoms with Crippen LogP contribution in [0.2, 0.25) is 0 Å². The van der Waals surface area contributed by atoms with Crippen LogP contribution in [0.1, 0.15) is 42.9 Å². The van der Waals surface area contributed by atoms with Gasteiger partial charge in [-0.1, -0.05) is 6.92 Å². The Bertz CT molecular complexity index is 283. The lowest BCUT2D eigenvalue weighted by atomic mass is 10.2. The van der Waals surface area contributed by atoms with E-state index in [1.54, 1.807) is 0 Å². The first-order valence-electron chi connectivity index (χ1n) is 4.80. The largest absolute Gasteiger partial charge is 0.393 e. The van der Waals surface area contributed by atoms with Crippen LogP contribution in [-0.4, -0.2) is 20.6 Å². The monoisotopic (exact) mass is 198 g/mol. The Morgan fingerprint density at radius 1 is 1.62 bits per heavy atom. The molecule has 4 heteroatoms. The fourth-order valence-corrected chi connectivity index (χ4v) is 1.99. The quantitative estimate of drug-likeness (QED) is 0.801. The van der Waals surface area contributed by atoms with E-state index in [9.17, 15) is 5.11 Å². The van der Waals surface area contributed by atoms with Crippen molar-refractivity contribution in [1.29, 1.82) is 0 Å². The minimum absolute atomic E-state index is 0.250. The van der Waals surface area contributed by atoms with E-state index in [1.807, 2.05) is 6.92 Å². The van der Waals surface area contributed by atoms with Crippen LogP contribution in [0.15, 0.2) is 0 Å². The molecule has 13 heavy (non-hydrogen) atoms. The highest BCUT2D eigenvalue weighted by atomic mass is 32.1. The molecule has 0 saturated heterocycles. The van der Waals surface area contributed by atoms with E-state index in [2.05, 4.69) is 9.36 Å². The van der Waals surface area contributed by atoms with Crippen molar-refractivity contribution >= 4 is 11.5 Å². The molecule has 1 aliphatic rings. The van der Waals surface area contributed by atoms with Gasteiger partial charge in [0.15, 0.2) is 0 Å². The van der Waals surface area contributed by atoms with Crippen LogP contribution in [0, 0.1) is 0 Å². The fourth-order valence-electron chi connectivity index (χ4n) is 1.20. The zero-order chi connectivity index (χ0) is 9.26. The van der Waals surface area contributed by atoms with Gasteiger partial charge in [-0.2, -0.15) is 4.37 Å². The molecule has 1 N–H and O–H groups in total. The number of hydrogen-bond acceptors (Lipinski definition) is 4. The van der Waals surface area contributed by atoms with Gasteiger partial charge < -0.3 is 5.11 Å². The SMILES string of the molecule is CCC(O)Cc1nc(C2CC2)ns1. The molecule has 1 fully saturated rings. The molecule has 2 rings (SSSR count). The first-order valence-corrected chi connectivity index (χ1v) is 5.57. The zero-order valence-corrected chi connectivity index (χ0v) is 8.55. The molecular formula is C9H14N2OS. The van der Waals surface area contributed by atoms with Crippen molar-refractivity contribution in [3.63, 3.8) is 0 Å². The predicted molar refractivity (Wildman–Crippen MR) is 51.9 cm³/mol. The van der Waals surface area contributed by atoms with Gasteiger partial charge in [0.05, 0.1) is 6.10 Å². The summed E-state index contributed by atoms with van der Waals surface area (Å²) >= 11 is 1.44. The molecule has 72 valence electrons. The minimum Gasteiger partial charge on any atom is -0.393 e. The van der Waals surface area contributed by atoms with Crippen molar-refractivity contribution in [3.8, 4) is 0 Å². The standard InChI is InChI=1S/C9H14N2OS/c1-2-7(12)5-8-10-9(11-13-8)6-3-4-6/h6-7,12H,2-5H2,1H3. The summed E-state index contributed by atoms with van der Waals surface area (Å²) in [4.78, 5) is 4.41. The fraction of sp³-hybridized carbons (Fsp3) is 0.778. The van der Waals surface area contributed by atoms with E-state index in [-0.39, 0.29) is 6.10 Å². The van der Waals surface area contributed by atoms with Crippen LogP contribution in [-0.2, 0) is 6.42 Å². The van der Waals surface area contributed by atoms with Crippen LogP contribution in [0.5, 0.6) is 0 Å². The molecule has 1 unspecified atom stereocenters. The van der Waals surface area contributed by atoms with Gasteiger partial charge in [-0.15, -0.1) is 0 Å². The molecule has 1 saturated carbocycles. The number of hydrogen-bond donors (Lipinski definition) is 1. The molecule has 0 aliphatic heterocycles. The second-order valence-electron chi connectivity index (χ2n) is 3.59. The minimum atomic E-state index is -0.250. The van der Waals surface area contributed by atoms with Gasteiger partial charge in [0.1, 0.15) is 10.8 Å². The van der Waals surface area contributed by atoms with Gasteiger partial charge in [0, 0.05) is 12.3 Å². The summed E-state index contributed by atoms with van der Waals surface area (Å²) in [6, 6.07) is 0. The maximum Gasteiger partial charge on any atom is 0.145 e. The maximum absolute atomic E-state index is 9.41. The Hall–Kier alpha value is -0.480. The lowest BCUT2D eigenvalue weighted by Gasteiger charge is -2.02. The van der Waals surface area contributed by atoms with E-state index in [0.717, 1.165) is 17.3 Å². The third-order valence-electron chi connectivity index (χ3n) is 2.31.